The summed E-state index contributed by atoms with van der Waals surface area (Å²) in [6, 6.07) is 18.3. The van der Waals surface area contributed by atoms with Crippen LogP contribution in [0.1, 0.15) is 64.3 Å². The largest absolute Gasteiger partial charge is 0.466 e. The zero-order valence-electron chi connectivity index (χ0n) is 18.2. The summed E-state index contributed by atoms with van der Waals surface area (Å²) in [6.07, 6.45) is 1.50. The summed E-state index contributed by atoms with van der Waals surface area (Å²) in [5, 5.41) is 2.88. The molecule has 1 aromatic heterocycles. The molecule has 170 valence electrons. The van der Waals surface area contributed by atoms with Gasteiger partial charge in [0.05, 0.1) is 12.6 Å². The number of aromatic nitrogens is 2. The number of Topliss-reactive ketones (excluding diaryl/α,β-unsaturated/α-hetero) is 1. The number of H-pyrrole nitrogens is 1. The van der Waals surface area contributed by atoms with Gasteiger partial charge in [0.25, 0.3) is 11.5 Å². The maximum Gasteiger partial charge on any atom is 0.305 e. The van der Waals surface area contributed by atoms with E-state index < -0.39 is 23.3 Å². The lowest BCUT2D eigenvalue weighted by molar-refractivity contribution is -0.143. The van der Waals surface area contributed by atoms with Gasteiger partial charge >= 0.3 is 5.97 Å². The molecule has 2 N–H and O–H groups in total. The number of hydrogen-bond acceptors (Lipinski definition) is 6. The lowest BCUT2D eigenvalue weighted by atomic mass is 9.98. The Morgan fingerprint density at radius 3 is 2.12 bits per heavy atom. The van der Waals surface area contributed by atoms with E-state index in [1.54, 1.807) is 6.92 Å². The lowest BCUT2D eigenvalue weighted by Crippen LogP contribution is -2.34. The summed E-state index contributed by atoms with van der Waals surface area (Å²) >= 11 is 0. The van der Waals surface area contributed by atoms with Crippen molar-refractivity contribution in [2.45, 2.75) is 32.2 Å². The van der Waals surface area contributed by atoms with Crippen molar-refractivity contribution in [1.82, 2.24) is 15.3 Å². The normalized spacial score (nSPS) is 10.6. The van der Waals surface area contributed by atoms with Crippen LogP contribution in [0, 0.1) is 0 Å². The van der Waals surface area contributed by atoms with Crippen LogP contribution in [0.25, 0.3) is 0 Å². The molecule has 1 heterocycles. The van der Waals surface area contributed by atoms with Crippen LogP contribution in [0.5, 0.6) is 0 Å². The van der Waals surface area contributed by atoms with E-state index in [-0.39, 0.29) is 43.2 Å². The monoisotopic (exact) mass is 447 g/mol. The smallest absolute Gasteiger partial charge is 0.305 e. The van der Waals surface area contributed by atoms with Gasteiger partial charge in [-0.2, -0.15) is 0 Å². The Hall–Kier alpha value is -4.07. The second kappa shape index (κ2) is 11.5. The molecule has 0 saturated carbocycles. The zero-order valence-corrected chi connectivity index (χ0v) is 18.2. The van der Waals surface area contributed by atoms with Crippen LogP contribution in [0.4, 0.5) is 0 Å². The minimum Gasteiger partial charge on any atom is -0.466 e. The van der Waals surface area contributed by atoms with Gasteiger partial charge in [0.15, 0.2) is 11.6 Å². The molecule has 0 atom stereocenters. The Bertz CT molecular complexity index is 1120. The van der Waals surface area contributed by atoms with Crippen LogP contribution in [0.2, 0.25) is 0 Å². The Balaban J connectivity index is 1.72. The first-order chi connectivity index (χ1) is 16.0. The van der Waals surface area contributed by atoms with Gasteiger partial charge in [-0.25, -0.2) is 4.98 Å². The fourth-order valence-electron chi connectivity index (χ4n) is 3.30. The van der Waals surface area contributed by atoms with Crippen molar-refractivity contribution in [1.29, 1.82) is 0 Å². The van der Waals surface area contributed by atoms with Crippen LogP contribution in [0.15, 0.2) is 71.7 Å². The van der Waals surface area contributed by atoms with Gasteiger partial charge in [-0.3, -0.25) is 19.2 Å². The second-order valence-corrected chi connectivity index (χ2v) is 7.28. The molecule has 8 heteroatoms. The van der Waals surface area contributed by atoms with Gasteiger partial charge in [-0.1, -0.05) is 60.7 Å². The van der Waals surface area contributed by atoms with E-state index in [1.807, 2.05) is 60.7 Å². The summed E-state index contributed by atoms with van der Waals surface area (Å²) in [5.74, 6) is -1.56. The maximum absolute atomic E-state index is 12.9. The number of carbonyl (C=O) groups excluding carboxylic acids is 3. The first-order valence-electron chi connectivity index (χ1n) is 10.7. The molecule has 0 radical (unpaired) electrons. The Labute approximate surface area is 191 Å². The minimum absolute atomic E-state index is 0.0252. The number of benzene rings is 2. The molecule has 33 heavy (non-hydrogen) atoms. The van der Waals surface area contributed by atoms with E-state index in [0.717, 1.165) is 17.3 Å². The maximum atomic E-state index is 12.9. The summed E-state index contributed by atoms with van der Waals surface area (Å²) in [5.41, 5.74) is 0.802. The molecule has 0 spiro atoms. The molecule has 0 aliphatic rings. The van der Waals surface area contributed by atoms with Crippen LogP contribution in [0.3, 0.4) is 0 Å². The fourth-order valence-corrected chi connectivity index (χ4v) is 3.30. The van der Waals surface area contributed by atoms with Crippen LogP contribution in [-0.4, -0.2) is 34.2 Å². The Kier molecular flexibility index (Phi) is 8.24. The molecule has 0 bridgehead atoms. The molecule has 0 saturated heterocycles. The van der Waals surface area contributed by atoms with E-state index in [2.05, 4.69) is 15.3 Å². The molecule has 3 aromatic rings. The van der Waals surface area contributed by atoms with E-state index in [0.29, 0.717) is 0 Å². The average Bonchev–Trinajstić information content (AvgIpc) is 2.83. The van der Waals surface area contributed by atoms with Gasteiger partial charge < -0.3 is 15.0 Å². The van der Waals surface area contributed by atoms with Gasteiger partial charge in [-0.15, -0.1) is 0 Å². The van der Waals surface area contributed by atoms with Crippen molar-refractivity contribution in [3.05, 3.63) is 99.7 Å². The number of esters is 1. The van der Waals surface area contributed by atoms with E-state index in [4.69, 9.17) is 4.74 Å². The van der Waals surface area contributed by atoms with Crippen molar-refractivity contribution >= 4 is 17.7 Å². The molecule has 0 unspecified atom stereocenters. The van der Waals surface area contributed by atoms with Gasteiger partial charge in [0.2, 0.25) is 0 Å². The number of rotatable bonds is 10. The highest BCUT2D eigenvalue weighted by Crippen LogP contribution is 2.22. The number of amides is 1. The molecular weight excluding hydrogens is 422 g/mol. The van der Waals surface area contributed by atoms with Crippen LogP contribution >= 0.6 is 0 Å². The average molecular weight is 447 g/mol. The van der Waals surface area contributed by atoms with Gasteiger partial charge in [0.1, 0.15) is 5.56 Å². The summed E-state index contributed by atoms with van der Waals surface area (Å²) in [6.45, 7) is 1.98. The van der Waals surface area contributed by atoms with Crippen molar-refractivity contribution in [2.24, 2.45) is 0 Å². The molecule has 8 nitrogen and oxygen atoms in total. The van der Waals surface area contributed by atoms with E-state index in [9.17, 15) is 19.2 Å². The summed E-state index contributed by atoms with van der Waals surface area (Å²) in [4.78, 5) is 55.4. The predicted molar refractivity (Wildman–Crippen MR) is 122 cm³/mol. The van der Waals surface area contributed by atoms with Crippen molar-refractivity contribution < 1.29 is 19.1 Å². The van der Waals surface area contributed by atoms with Crippen molar-refractivity contribution in [3.63, 3.8) is 0 Å². The highest BCUT2D eigenvalue weighted by atomic mass is 16.5. The predicted octanol–water partition coefficient (Wildman–Crippen LogP) is 3.21. The Morgan fingerprint density at radius 2 is 1.58 bits per heavy atom. The lowest BCUT2D eigenvalue weighted by Gasteiger charge is -2.19. The third-order valence-corrected chi connectivity index (χ3v) is 4.94. The molecule has 2 aromatic carbocycles. The zero-order chi connectivity index (χ0) is 23.6. The van der Waals surface area contributed by atoms with Crippen molar-refractivity contribution in [3.8, 4) is 0 Å². The third-order valence-electron chi connectivity index (χ3n) is 4.94. The SMILES string of the molecule is CCOC(=O)CCCC(=O)c1ncc(C(=O)NC(c2ccccc2)c2ccccc2)c(=O)[nH]1. The number of hydrogen-bond donors (Lipinski definition) is 2. The topological polar surface area (TPSA) is 118 Å². The van der Waals surface area contributed by atoms with Crippen molar-refractivity contribution in [2.75, 3.05) is 6.61 Å². The Morgan fingerprint density at radius 1 is 0.970 bits per heavy atom. The van der Waals surface area contributed by atoms with E-state index in [1.165, 1.54) is 0 Å². The third kappa shape index (κ3) is 6.46. The summed E-state index contributed by atoms with van der Waals surface area (Å²) in [7, 11) is 0. The summed E-state index contributed by atoms with van der Waals surface area (Å²) < 4.78 is 4.82. The number of carbonyl (C=O) groups is 3. The number of ketones is 1. The standard InChI is InChI=1S/C25H25N3O5/c1-2-33-21(30)15-9-14-20(29)23-26-16-19(25(32)28-23)24(31)27-22(17-10-5-3-6-11-17)18-12-7-4-8-13-18/h3-8,10-13,16,22H,2,9,14-15H2,1H3,(H,27,31)(H,26,28,32). The second-order valence-electron chi connectivity index (χ2n) is 7.28. The number of nitrogens with one attached hydrogen (secondary N) is 2. The highest BCUT2D eigenvalue weighted by molar-refractivity contribution is 5.95. The number of nitrogens with zero attached hydrogens (tertiary/aromatic N) is 1. The first-order valence-corrected chi connectivity index (χ1v) is 10.7. The molecule has 0 fully saturated rings. The minimum atomic E-state index is -0.712. The molecular formula is C25H25N3O5. The van der Waals surface area contributed by atoms with Gasteiger partial charge in [-0.05, 0) is 24.5 Å². The van der Waals surface area contributed by atoms with Crippen LogP contribution in [-0.2, 0) is 9.53 Å². The van der Waals surface area contributed by atoms with E-state index >= 15 is 0 Å². The molecule has 0 aliphatic heterocycles. The fraction of sp³-hybridized carbons (Fsp3) is 0.240. The number of ether oxygens (including phenoxy) is 1. The molecule has 1 amide bonds. The van der Waals surface area contributed by atoms with Crippen LogP contribution < -0.4 is 10.9 Å². The molecule has 3 rings (SSSR count). The quantitative estimate of drug-likeness (QED) is 0.364. The first kappa shape index (κ1) is 23.6. The highest BCUT2D eigenvalue weighted by Gasteiger charge is 2.21. The number of aromatic amines is 1. The van der Waals surface area contributed by atoms with Gasteiger partial charge in [0, 0.05) is 19.0 Å². The molecule has 0 aliphatic carbocycles.